The standard InChI is InChI=1S/C8H12O3S2/c1-13-8(12)11-6-4-10-7-5(6)2-3-9-7/h5-7H,2-4H2,1H3/t5-,6-,7+/m0/s1. The van der Waals surface area contributed by atoms with Crippen molar-refractivity contribution in [3.8, 4) is 0 Å². The number of thiocarbonyl (C=S) groups is 1. The van der Waals surface area contributed by atoms with Gasteiger partial charge < -0.3 is 14.2 Å². The smallest absolute Gasteiger partial charge is 0.220 e. The van der Waals surface area contributed by atoms with Crippen molar-refractivity contribution < 1.29 is 14.2 Å². The first-order valence-electron chi connectivity index (χ1n) is 4.29. The zero-order valence-electron chi connectivity index (χ0n) is 7.39. The Bertz CT molecular complexity index is 210. The first-order chi connectivity index (χ1) is 6.31. The number of fused-ring (bicyclic) bond motifs is 1. The summed E-state index contributed by atoms with van der Waals surface area (Å²) in [6.45, 7) is 1.39. The molecule has 2 aliphatic heterocycles. The highest BCUT2D eigenvalue weighted by Crippen LogP contribution is 2.33. The maximum Gasteiger partial charge on any atom is 0.220 e. The van der Waals surface area contributed by atoms with Crippen LogP contribution in [0.1, 0.15) is 6.42 Å². The Labute approximate surface area is 87.1 Å². The van der Waals surface area contributed by atoms with Gasteiger partial charge in [0.2, 0.25) is 4.38 Å². The van der Waals surface area contributed by atoms with E-state index in [1.807, 2.05) is 6.26 Å². The first kappa shape index (κ1) is 9.71. The molecule has 13 heavy (non-hydrogen) atoms. The fraction of sp³-hybridized carbons (Fsp3) is 0.875. The molecule has 0 radical (unpaired) electrons. The predicted octanol–water partition coefficient (Wildman–Crippen LogP) is 1.41. The third kappa shape index (κ3) is 1.98. The van der Waals surface area contributed by atoms with Crippen LogP contribution in [0.5, 0.6) is 0 Å². The minimum Gasteiger partial charge on any atom is -0.472 e. The van der Waals surface area contributed by atoms with Gasteiger partial charge in [0.1, 0.15) is 6.10 Å². The first-order valence-corrected chi connectivity index (χ1v) is 5.92. The molecule has 0 amide bonds. The van der Waals surface area contributed by atoms with E-state index in [0.717, 1.165) is 13.0 Å². The lowest BCUT2D eigenvalue weighted by Gasteiger charge is -2.16. The van der Waals surface area contributed by atoms with Gasteiger partial charge in [-0.05, 0) is 24.9 Å². The van der Waals surface area contributed by atoms with Gasteiger partial charge in [-0.1, -0.05) is 11.8 Å². The lowest BCUT2D eigenvalue weighted by Crippen LogP contribution is -2.24. The maximum absolute atomic E-state index is 5.56. The number of rotatable bonds is 1. The van der Waals surface area contributed by atoms with Crippen LogP contribution < -0.4 is 0 Å². The number of thioether (sulfide) groups is 1. The van der Waals surface area contributed by atoms with E-state index in [4.69, 9.17) is 26.4 Å². The molecule has 3 nitrogen and oxygen atoms in total. The molecule has 2 saturated heterocycles. The van der Waals surface area contributed by atoms with Gasteiger partial charge in [0.25, 0.3) is 0 Å². The summed E-state index contributed by atoms with van der Waals surface area (Å²) in [5, 5.41) is 0. The van der Waals surface area contributed by atoms with Crippen LogP contribution in [-0.4, -0.2) is 36.2 Å². The molecule has 0 aromatic heterocycles. The summed E-state index contributed by atoms with van der Waals surface area (Å²) in [6, 6.07) is 0. The monoisotopic (exact) mass is 220 g/mol. The Morgan fingerprint density at radius 2 is 2.38 bits per heavy atom. The van der Waals surface area contributed by atoms with Gasteiger partial charge in [0.05, 0.1) is 19.1 Å². The highest BCUT2D eigenvalue weighted by Gasteiger charge is 2.43. The highest BCUT2D eigenvalue weighted by atomic mass is 32.2. The van der Waals surface area contributed by atoms with Crippen LogP contribution in [-0.2, 0) is 14.2 Å². The molecule has 2 rings (SSSR count). The Morgan fingerprint density at radius 3 is 3.15 bits per heavy atom. The Hall–Kier alpha value is 0.160. The summed E-state index contributed by atoms with van der Waals surface area (Å²) in [7, 11) is 0. The molecule has 3 atom stereocenters. The molecule has 0 aromatic carbocycles. The normalized spacial score (nSPS) is 37.5. The van der Waals surface area contributed by atoms with Crippen molar-refractivity contribution in [3.05, 3.63) is 0 Å². The van der Waals surface area contributed by atoms with Gasteiger partial charge in [0.15, 0.2) is 6.29 Å². The SMILES string of the molecule is CSC(=S)O[C@H]1CO[C@H]2OCC[C@H]21. The lowest BCUT2D eigenvalue weighted by atomic mass is 10.0. The fourth-order valence-electron chi connectivity index (χ4n) is 1.72. The topological polar surface area (TPSA) is 27.7 Å². The highest BCUT2D eigenvalue weighted by molar-refractivity contribution is 8.22. The van der Waals surface area contributed by atoms with E-state index in [0.29, 0.717) is 16.9 Å². The molecule has 2 aliphatic rings. The van der Waals surface area contributed by atoms with Gasteiger partial charge >= 0.3 is 0 Å². The minimum absolute atomic E-state index is 0.0466. The molecular weight excluding hydrogens is 208 g/mol. The summed E-state index contributed by atoms with van der Waals surface area (Å²) in [6.07, 6.45) is 3.00. The average Bonchev–Trinajstić information content (AvgIpc) is 2.69. The molecular formula is C8H12O3S2. The van der Waals surface area contributed by atoms with Gasteiger partial charge in [-0.3, -0.25) is 0 Å². The molecule has 0 bridgehead atoms. The second-order valence-corrected chi connectivity index (χ2v) is 4.54. The fourth-order valence-corrected chi connectivity index (χ4v) is 2.06. The predicted molar refractivity (Wildman–Crippen MR) is 54.8 cm³/mol. The maximum atomic E-state index is 5.56. The van der Waals surface area contributed by atoms with E-state index in [9.17, 15) is 0 Å². The average molecular weight is 220 g/mol. The lowest BCUT2D eigenvalue weighted by molar-refractivity contribution is -0.0906. The van der Waals surface area contributed by atoms with Crippen LogP contribution in [0.3, 0.4) is 0 Å². The number of hydrogen-bond donors (Lipinski definition) is 0. The van der Waals surface area contributed by atoms with Crippen molar-refractivity contribution in [2.24, 2.45) is 5.92 Å². The third-order valence-corrected chi connectivity index (χ3v) is 3.43. The van der Waals surface area contributed by atoms with Crippen LogP contribution in [0.25, 0.3) is 0 Å². The van der Waals surface area contributed by atoms with E-state index in [1.54, 1.807) is 0 Å². The van der Waals surface area contributed by atoms with E-state index in [1.165, 1.54) is 11.8 Å². The quantitative estimate of drug-likeness (QED) is 0.623. The van der Waals surface area contributed by atoms with Crippen molar-refractivity contribution in [1.82, 2.24) is 0 Å². The molecule has 0 N–H and O–H groups in total. The summed E-state index contributed by atoms with van der Waals surface area (Å²) < 4.78 is 17.0. The van der Waals surface area contributed by atoms with Crippen molar-refractivity contribution >= 4 is 28.4 Å². The van der Waals surface area contributed by atoms with Crippen LogP contribution in [0, 0.1) is 5.92 Å². The zero-order chi connectivity index (χ0) is 9.26. The van der Waals surface area contributed by atoms with Crippen molar-refractivity contribution in [3.63, 3.8) is 0 Å². The molecule has 0 aromatic rings. The van der Waals surface area contributed by atoms with E-state index >= 15 is 0 Å². The van der Waals surface area contributed by atoms with Crippen LogP contribution >= 0.6 is 24.0 Å². The summed E-state index contributed by atoms with van der Waals surface area (Å²) in [4.78, 5) is 0. The van der Waals surface area contributed by atoms with Crippen LogP contribution in [0.2, 0.25) is 0 Å². The molecule has 2 heterocycles. The van der Waals surface area contributed by atoms with Crippen LogP contribution in [0.4, 0.5) is 0 Å². The van der Waals surface area contributed by atoms with Crippen molar-refractivity contribution in [2.45, 2.75) is 18.8 Å². The Kier molecular flexibility index (Phi) is 3.08. The summed E-state index contributed by atoms with van der Waals surface area (Å²) in [5.74, 6) is 0.380. The molecule has 0 saturated carbocycles. The number of ether oxygens (including phenoxy) is 3. The zero-order valence-corrected chi connectivity index (χ0v) is 9.03. The number of hydrogen-bond acceptors (Lipinski definition) is 5. The van der Waals surface area contributed by atoms with E-state index in [2.05, 4.69) is 0 Å². The molecule has 0 unspecified atom stereocenters. The molecule has 74 valence electrons. The largest absolute Gasteiger partial charge is 0.472 e. The van der Waals surface area contributed by atoms with Gasteiger partial charge in [0, 0.05) is 0 Å². The van der Waals surface area contributed by atoms with Gasteiger partial charge in [-0.15, -0.1) is 0 Å². The van der Waals surface area contributed by atoms with Gasteiger partial charge in [-0.2, -0.15) is 0 Å². The van der Waals surface area contributed by atoms with Crippen LogP contribution in [0.15, 0.2) is 0 Å². The molecule has 0 spiro atoms. The second kappa shape index (κ2) is 4.13. The summed E-state index contributed by atoms with van der Waals surface area (Å²) in [5.41, 5.74) is 0. The minimum atomic E-state index is -0.0466. The molecule has 5 heteroatoms. The second-order valence-electron chi connectivity index (χ2n) is 3.14. The summed E-state index contributed by atoms with van der Waals surface area (Å²) >= 11 is 6.45. The molecule has 0 aliphatic carbocycles. The van der Waals surface area contributed by atoms with Crippen molar-refractivity contribution in [2.75, 3.05) is 19.5 Å². The van der Waals surface area contributed by atoms with E-state index in [-0.39, 0.29) is 12.4 Å². The Balaban J connectivity index is 1.90. The molecule has 2 fully saturated rings. The van der Waals surface area contributed by atoms with E-state index < -0.39 is 0 Å². The Morgan fingerprint density at radius 1 is 1.54 bits per heavy atom. The van der Waals surface area contributed by atoms with Gasteiger partial charge in [-0.25, -0.2) is 0 Å². The van der Waals surface area contributed by atoms with Crippen molar-refractivity contribution in [1.29, 1.82) is 0 Å². The third-order valence-electron chi connectivity index (χ3n) is 2.40.